The fourth-order valence-corrected chi connectivity index (χ4v) is 3.22. The fourth-order valence-electron chi connectivity index (χ4n) is 3.22. The van der Waals surface area contributed by atoms with Crippen LogP contribution in [0, 0.1) is 12.3 Å². The predicted octanol–water partition coefficient (Wildman–Crippen LogP) is 4.17. The number of fused-ring (bicyclic) bond motifs is 1. The second kappa shape index (κ2) is 8.55. The van der Waals surface area contributed by atoms with Gasteiger partial charge in [-0.25, -0.2) is 0 Å². The van der Waals surface area contributed by atoms with Crippen molar-refractivity contribution >= 4 is 23.2 Å². The lowest BCUT2D eigenvalue weighted by Crippen LogP contribution is -2.42. The number of benzene rings is 2. The molecule has 0 saturated carbocycles. The number of hydrogen-bond donors (Lipinski definition) is 1. The quantitative estimate of drug-likeness (QED) is 0.796. The zero-order valence-electron chi connectivity index (χ0n) is 17.5. The summed E-state index contributed by atoms with van der Waals surface area (Å²) in [6.45, 7) is 8.57. The Labute approximate surface area is 171 Å². The molecule has 6 nitrogen and oxygen atoms in total. The van der Waals surface area contributed by atoms with Gasteiger partial charge in [-0.1, -0.05) is 19.1 Å². The minimum absolute atomic E-state index is 0.0179. The fraction of sp³-hybridized carbons (Fsp3) is 0.391. The molecule has 0 spiro atoms. The first-order valence-corrected chi connectivity index (χ1v) is 9.88. The predicted molar refractivity (Wildman–Crippen MR) is 114 cm³/mol. The summed E-state index contributed by atoms with van der Waals surface area (Å²) in [4.78, 5) is 27.1. The standard InChI is InChI=1S/C23H28N2O4/c1-5-11-25-19-13-17(9-10-20(19)29-15-23(3,4)22(25)27)24-21(26)14-28-18-8-6-7-16(2)12-18/h6-10,12-13H,5,11,14-15H2,1-4H3,(H,24,26). The monoisotopic (exact) mass is 396 g/mol. The molecule has 1 heterocycles. The number of anilines is 2. The van der Waals surface area contributed by atoms with Crippen LogP contribution in [0.5, 0.6) is 11.5 Å². The van der Waals surface area contributed by atoms with Gasteiger partial charge in [-0.15, -0.1) is 0 Å². The Balaban J connectivity index is 1.74. The van der Waals surface area contributed by atoms with Crippen molar-refractivity contribution < 1.29 is 19.1 Å². The van der Waals surface area contributed by atoms with Crippen LogP contribution in [0.3, 0.4) is 0 Å². The molecule has 2 amide bonds. The van der Waals surface area contributed by atoms with Crippen molar-refractivity contribution in [1.82, 2.24) is 0 Å². The normalized spacial score (nSPS) is 15.2. The molecule has 0 bridgehead atoms. The molecule has 6 heteroatoms. The largest absolute Gasteiger partial charge is 0.490 e. The zero-order chi connectivity index (χ0) is 21.0. The van der Waals surface area contributed by atoms with E-state index in [4.69, 9.17) is 9.47 Å². The first-order valence-electron chi connectivity index (χ1n) is 9.88. The molecule has 0 saturated heterocycles. The summed E-state index contributed by atoms with van der Waals surface area (Å²) in [5.74, 6) is 1.04. The number of ether oxygens (including phenoxy) is 2. The molecular formula is C23H28N2O4. The van der Waals surface area contributed by atoms with Crippen LogP contribution in [0.4, 0.5) is 11.4 Å². The molecule has 154 valence electrons. The topological polar surface area (TPSA) is 67.9 Å². The number of nitrogens with one attached hydrogen (secondary N) is 1. The van der Waals surface area contributed by atoms with Crippen LogP contribution < -0.4 is 19.7 Å². The molecule has 0 fully saturated rings. The lowest BCUT2D eigenvalue weighted by atomic mass is 9.93. The van der Waals surface area contributed by atoms with Gasteiger partial charge in [0.2, 0.25) is 5.91 Å². The summed E-state index contributed by atoms with van der Waals surface area (Å²) in [7, 11) is 0. The number of rotatable bonds is 6. The van der Waals surface area contributed by atoms with Crippen LogP contribution in [-0.4, -0.2) is 31.6 Å². The average molecular weight is 396 g/mol. The third-order valence-corrected chi connectivity index (χ3v) is 4.75. The molecule has 2 aromatic carbocycles. The summed E-state index contributed by atoms with van der Waals surface area (Å²) in [6, 6.07) is 12.9. The molecule has 0 unspecified atom stereocenters. The van der Waals surface area contributed by atoms with Gasteiger partial charge < -0.3 is 19.7 Å². The maximum atomic E-state index is 13.0. The summed E-state index contributed by atoms with van der Waals surface area (Å²) in [5, 5.41) is 2.84. The summed E-state index contributed by atoms with van der Waals surface area (Å²) >= 11 is 0. The van der Waals surface area contributed by atoms with E-state index in [0.29, 0.717) is 36.0 Å². The highest BCUT2D eigenvalue weighted by atomic mass is 16.5. The maximum Gasteiger partial charge on any atom is 0.262 e. The van der Waals surface area contributed by atoms with Crippen molar-refractivity contribution in [2.45, 2.75) is 34.1 Å². The molecule has 0 aliphatic carbocycles. The number of amides is 2. The van der Waals surface area contributed by atoms with E-state index < -0.39 is 5.41 Å². The summed E-state index contributed by atoms with van der Waals surface area (Å²) in [6.07, 6.45) is 0.822. The van der Waals surface area contributed by atoms with Crippen molar-refractivity contribution in [2.24, 2.45) is 5.41 Å². The lowest BCUT2D eigenvalue weighted by Gasteiger charge is -2.27. The third kappa shape index (κ3) is 4.88. The molecule has 2 aromatic rings. The second-order valence-corrected chi connectivity index (χ2v) is 7.97. The van der Waals surface area contributed by atoms with Crippen molar-refractivity contribution in [3.05, 3.63) is 48.0 Å². The van der Waals surface area contributed by atoms with Crippen LogP contribution in [0.25, 0.3) is 0 Å². The number of nitrogens with zero attached hydrogens (tertiary/aromatic N) is 1. The molecule has 0 radical (unpaired) electrons. The highest BCUT2D eigenvalue weighted by Gasteiger charge is 2.37. The van der Waals surface area contributed by atoms with Crippen LogP contribution in [0.2, 0.25) is 0 Å². The average Bonchev–Trinajstić information content (AvgIpc) is 2.77. The van der Waals surface area contributed by atoms with Gasteiger partial charge >= 0.3 is 0 Å². The SMILES string of the molecule is CCCN1C(=O)C(C)(C)COc2ccc(NC(=O)COc3cccc(C)c3)cc21. The third-order valence-electron chi connectivity index (χ3n) is 4.75. The van der Waals surface area contributed by atoms with Crippen LogP contribution in [-0.2, 0) is 9.59 Å². The Morgan fingerprint density at radius 3 is 2.76 bits per heavy atom. The number of carbonyl (C=O) groups excluding carboxylic acids is 2. The molecule has 0 atom stereocenters. The summed E-state index contributed by atoms with van der Waals surface area (Å²) in [5.41, 5.74) is 1.73. The molecular weight excluding hydrogens is 368 g/mol. The molecule has 1 aliphatic heterocycles. The van der Waals surface area contributed by atoms with E-state index in [0.717, 1.165) is 12.0 Å². The van der Waals surface area contributed by atoms with E-state index >= 15 is 0 Å². The minimum Gasteiger partial charge on any atom is -0.490 e. The van der Waals surface area contributed by atoms with Gasteiger partial charge in [-0.05, 0) is 63.1 Å². The van der Waals surface area contributed by atoms with Gasteiger partial charge in [0.15, 0.2) is 6.61 Å². The Hall–Kier alpha value is -3.02. The van der Waals surface area contributed by atoms with E-state index in [1.165, 1.54) is 0 Å². The van der Waals surface area contributed by atoms with E-state index in [-0.39, 0.29) is 18.4 Å². The van der Waals surface area contributed by atoms with Gasteiger partial charge in [-0.3, -0.25) is 9.59 Å². The number of aryl methyl sites for hydroxylation is 1. The lowest BCUT2D eigenvalue weighted by molar-refractivity contribution is -0.127. The van der Waals surface area contributed by atoms with Crippen LogP contribution in [0.15, 0.2) is 42.5 Å². The van der Waals surface area contributed by atoms with E-state index in [1.54, 1.807) is 23.1 Å². The van der Waals surface area contributed by atoms with Gasteiger partial charge in [-0.2, -0.15) is 0 Å². The van der Waals surface area contributed by atoms with E-state index in [9.17, 15) is 9.59 Å². The number of hydrogen-bond acceptors (Lipinski definition) is 4. The Kier molecular flexibility index (Phi) is 6.11. The Morgan fingerprint density at radius 1 is 1.24 bits per heavy atom. The Bertz CT molecular complexity index is 908. The maximum absolute atomic E-state index is 13.0. The van der Waals surface area contributed by atoms with Crippen molar-refractivity contribution in [1.29, 1.82) is 0 Å². The van der Waals surface area contributed by atoms with E-state index in [2.05, 4.69) is 5.32 Å². The van der Waals surface area contributed by atoms with Gasteiger partial charge in [0.1, 0.15) is 18.1 Å². The number of carbonyl (C=O) groups is 2. The van der Waals surface area contributed by atoms with Crippen LogP contribution >= 0.6 is 0 Å². The van der Waals surface area contributed by atoms with Gasteiger partial charge in [0, 0.05) is 12.2 Å². The molecule has 0 aromatic heterocycles. The smallest absolute Gasteiger partial charge is 0.262 e. The molecule has 1 N–H and O–H groups in total. The molecule has 1 aliphatic rings. The first-order chi connectivity index (χ1) is 13.8. The minimum atomic E-state index is -0.612. The van der Waals surface area contributed by atoms with Crippen LogP contribution in [0.1, 0.15) is 32.8 Å². The van der Waals surface area contributed by atoms with Gasteiger partial charge in [0.05, 0.1) is 11.1 Å². The molecule has 29 heavy (non-hydrogen) atoms. The summed E-state index contributed by atoms with van der Waals surface area (Å²) < 4.78 is 11.4. The highest BCUT2D eigenvalue weighted by molar-refractivity contribution is 6.00. The van der Waals surface area contributed by atoms with Gasteiger partial charge in [0.25, 0.3) is 5.91 Å². The Morgan fingerprint density at radius 2 is 2.03 bits per heavy atom. The van der Waals surface area contributed by atoms with E-state index in [1.807, 2.05) is 52.0 Å². The molecule has 3 rings (SSSR count). The van der Waals surface area contributed by atoms with Crippen molar-refractivity contribution in [2.75, 3.05) is 30.0 Å². The van der Waals surface area contributed by atoms with Crippen molar-refractivity contribution in [3.8, 4) is 11.5 Å². The second-order valence-electron chi connectivity index (χ2n) is 7.97. The first kappa shape index (κ1) is 20.7. The van der Waals surface area contributed by atoms with Crippen molar-refractivity contribution in [3.63, 3.8) is 0 Å². The highest BCUT2D eigenvalue weighted by Crippen LogP contribution is 2.38. The zero-order valence-corrected chi connectivity index (χ0v) is 17.5.